The van der Waals surface area contributed by atoms with Crippen molar-refractivity contribution in [2.45, 2.75) is 20.8 Å². The summed E-state index contributed by atoms with van der Waals surface area (Å²) in [4.78, 5) is 0. The molecule has 0 radical (unpaired) electrons. The van der Waals surface area contributed by atoms with Crippen LogP contribution in [0.5, 0.6) is 0 Å². The van der Waals surface area contributed by atoms with E-state index in [1.807, 2.05) is 45.0 Å². The van der Waals surface area contributed by atoms with Crippen molar-refractivity contribution in [1.82, 2.24) is 10.2 Å². The largest absolute Gasteiger partial charge is 0.280 e. The first-order valence-electron chi connectivity index (χ1n) is 5.17. The van der Waals surface area contributed by atoms with Gasteiger partial charge in [0.05, 0.1) is 17.1 Å². The van der Waals surface area contributed by atoms with E-state index in [-0.39, 0.29) is 0 Å². The second-order valence-electron chi connectivity index (χ2n) is 3.82. The fourth-order valence-electron chi connectivity index (χ4n) is 1.41. The standard InChI is InChI=1S/C12H14N4/c1-8-4-6-11(7-5-8)15-16-12-9(2)13-14-10(12)3/h4-7H,1-3H3,(H,13,14). The number of nitrogens with one attached hydrogen (secondary N) is 1. The molecule has 0 atom stereocenters. The minimum atomic E-state index is 0.820. The van der Waals surface area contributed by atoms with E-state index < -0.39 is 0 Å². The predicted molar refractivity (Wildman–Crippen MR) is 63.4 cm³/mol. The van der Waals surface area contributed by atoms with Crippen molar-refractivity contribution in [2.24, 2.45) is 10.2 Å². The SMILES string of the molecule is Cc1ccc(N=Nc2c(C)n[nH]c2C)cc1. The molecule has 0 saturated carbocycles. The van der Waals surface area contributed by atoms with E-state index in [2.05, 4.69) is 20.4 Å². The first-order valence-corrected chi connectivity index (χ1v) is 5.17. The quantitative estimate of drug-likeness (QED) is 0.760. The molecular weight excluding hydrogens is 200 g/mol. The van der Waals surface area contributed by atoms with E-state index in [0.717, 1.165) is 22.8 Å². The van der Waals surface area contributed by atoms with Gasteiger partial charge in [0.25, 0.3) is 0 Å². The number of H-pyrrole nitrogens is 1. The van der Waals surface area contributed by atoms with Gasteiger partial charge in [-0.05, 0) is 32.9 Å². The molecular formula is C12H14N4. The molecule has 1 N–H and O–H groups in total. The van der Waals surface area contributed by atoms with Crippen LogP contribution in [0, 0.1) is 20.8 Å². The average Bonchev–Trinajstić information content (AvgIpc) is 2.59. The Hall–Kier alpha value is -1.97. The zero-order valence-electron chi connectivity index (χ0n) is 9.65. The molecule has 0 aliphatic rings. The minimum absolute atomic E-state index is 0.820. The van der Waals surface area contributed by atoms with Crippen LogP contribution in [0.15, 0.2) is 34.5 Å². The first-order chi connectivity index (χ1) is 7.66. The highest BCUT2D eigenvalue weighted by molar-refractivity contribution is 5.46. The predicted octanol–water partition coefficient (Wildman–Crippen LogP) is 3.75. The first kappa shape index (κ1) is 10.5. The molecule has 4 nitrogen and oxygen atoms in total. The van der Waals surface area contributed by atoms with Crippen molar-refractivity contribution < 1.29 is 0 Å². The Balaban J connectivity index is 2.24. The summed E-state index contributed by atoms with van der Waals surface area (Å²) in [5.74, 6) is 0. The maximum atomic E-state index is 4.20. The van der Waals surface area contributed by atoms with Crippen molar-refractivity contribution in [1.29, 1.82) is 0 Å². The third-order valence-electron chi connectivity index (χ3n) is 2.39. The van der Waals surface area contributed by atoms with E-state index in [0.29, 0.717) is 0 Å². The van der Waals surface area contributed by atoms with Gasteiger partial charge >= 0.3 is 0 Å². The molecule has 1 aromatic carbocycles. The van der Waals surface area contributed by atoms with Crippen molar-refractivity contribution in [3.05, 3.63) is 41.2 Å². The van der Waals surface area contributed by atoms with Gasteiger partial charge in [0.15, 0.2) is 0 Å². The number of aromatic nitrogens is 2. The van der Waals surface area contributed by atoms with Crippen LogP contribution in [0.25, 0.3) is 0 Å². The summed E-state index contributed by atoms with van der Waals surface area (Å²) in [6.45, 7) is 5.89. The number of aryl methyl sites for hydroxylation is 3. The Morgan fingerprint density at radius 3 is 2.25 bits per heavy atom. The molecule has 1 aromatic heterocycles. The number of hydrogen-bond donors (Lipinski definition) is 1. The van der Waals surface area contributed by atoms with Crippen molar-refractivity contribution in [3.8, 4) is 0 Å². The van der Waals surface area contributed by atoms with Gasteiger partial charge in [-0.2, -0.15) is 10.2 Å². The Labute approximate surface area is 94.4 Å². The number of benzene rings is 1. The Morgan fingerprint density at radius 2 is 1.69 bits per heavy atom. The lowest BCUT2D eigenvalue weighted by Gasteiger charge is -1.94. The lowest BCUT2D eigenvalue weighted by atomic mass is 10.2. The maximum absolute atomic E-state index is 4.20. The monoisotopic (exact) mass is 214 g/mol. The molecule has 4 heteroatoms. The van der Waals surface area contributed by atoms with E-state index >= 15 is 0 Å². The van der Waals surface area contributed by atoms with Crippen LogP contribution in [-0.4, -0.2) is 10.2 Å². The number of aromatic amines is 1. The summed E-state index contributed by atoms with van der Waals surface area (Å²) < 4.78 is 0. The second-order valence-corrected chi connectivity index (χ2v) is 3.82. The molecule has 0 bridgehead atoms. The summed E-state index contributed by atoms with van der Waals surface area (Å²) >= 11 is 0. The molecule has 0 saturated heterocycles. The van der Waals surface area contributed by atoms with Gasteiger partial charge in [-0.15, -0.1) is 5.11 Å². The van der Waals surface area contributed by atoms with Crippen LogP contribution in [-0.2, 0) is 0 Å². The number of rotatable bonds is 2. The van der Waals surface area contributed by atoms with Crippen LogP contribution in [0.2, 0.25) is 0 Å². The fourth-order valence-corrected chi connectivity index (χ4v) is 1.41. The topological polar surface area (TPSA) is 53.4 Å². The minimum Gasteiger partial charge on any atom is -0.280 e. The average molecular weight is 214 g/mol. The van der Waals surface area contributed by atoms with Gasteiger partial charge in [-0.3, -0.25) is 5.10 Å². The Kier molecular flexibility index (Phi) is 2.81. The van der Waals surface area contributed by atoms with Crippen LogP contribution in [0.4, 0.5) is 11.4 Å². The third-order valence-corrected chi connectivity index (χ3v) is 2.39. The summed E-state index contributed by atoms with van der Waals surface area (Å²) in [5, 5.41) is 15.3. The van der Waals surface area contributed by atoms with E-state index in [4.69, 9.17) is 0 Å². The lowest BCUT2D eigenvalue weighted by Crippen LogP contribution is -1.70. The van der Waals surface area contributed by atoms with Gasteiger partial charge in [0.2, 0.25) is 0 Å². The highest BCUT2D eigenvalue weighted by Gasteiger charge is 2.03. The number of azo groups is 1. The lowest BCUT2D eigenvalue weighted by molar-refractivity contribution is 1.02. The molecule has 2 aromatic rings. The smallest absolute Gasteiger partial charge is 0.129 e. The van der Waals surface area contributed by atoms with E-state index in [1.54, 1.807) is 0 Å². The molecule has 0 aliphatic carbocycles. The Morgan fingerprint density at radius 1 is 1.00 bits per heavy atom. The molecule has 0 amide bonds. The molecule has 2 rings (SSSR count). The summed E-state index contributed by atoms with van der Waals surface area (Å²) in [5.41, 5.74) is 4.70. The summed E-state index contributed by atoms with van der Waals surface area (Å²) in [6, 6.07) is 7.93. The van der Waals surface area contributed by atoms with Crippen LogP contribution in [0.3, 0.4) is 0 Å². The molecule has 0 fully saturated rings. The van der Waals surface area contributed by atoms with E-state index in [1.165, 1.54) is 5.56 Å². The van der Waals surface area contributed by atoms with Crippen LogP contribution in [0.1, 0.15) is 17.0 Å². The number of nitrogens with zero attached hydrogens (tertiary/aromatic N) is 3. The maximum Gasteiger partial charge on any atom is 0.129 e. The third kappa shape index (κ3) is 2.16. The molecule has 1 heterocycles. The van der Waals surface area contributed by atoms with Gasteiger partial charge in [-0.25, -0.2) is 0 Å². The highest BCUT2D eigenvalue weighted by Crippen LogP contribution is 2.23. The second kappa shape index (κ2) is 4.26. The van der Waals surface area contributed by atoms with Gasteiger partial charge in [0, 0.05) is 0 Å². The zero-order chi connectivity index (χ0) is 11.5. The summed E-state index contributed by atoms with van der Waals surface area (Å²) in [7, 11) is 0. The Bertz CT molecular complexity index is 489. The van der Waals surface area contributed by atoms with Gasteiger partial charge in [0.1, 0.15) is 5.69 Å². The van der Waals surface area contributed by atoms with E-state index in [9.17, 15) is 0 Å². The number of hydrogen-bond acceptors (Lipinski definition) is 3. The van der Waals surface area contributed by atoms with Crippen molar-refractivity contribution >= 4 is 11.4 Å². The molecule has 0 spiro atoms. The molecule has 82 valence electrons. The molecule has 0 aliphatic heterocycles. The van der Waals surface area contributed by atoms with Crippen molar-refractivity contribution in [3.63, 3.8) is 0 Å². The van der Waals surface area contributed by atoms with Crippen LogP contribution < -0.4 is 0 Å². The molecule has 16 heavy (non-hydrogen) atoms. The molecule has 0 unspecified atom stereocenters. The highest BCUT2D eigenvalue weighted by atomic mass is 15.2. The summed E-state index contributed by atoms with van der Waals surface area (Å²) in [6.07, 6.45) is 0. The van der Waals surface area contributed by atoms with Crippen molar-refractivity contribution in [2.75, 3.05) is 0 Å². The zero-order valence-corrected chi connectivity index (χ0v) is 9.65. The fraction of sp³-hybridized carbons (Fsp3) is 0.250. The van der Waals surface area contributed by atoms with Gasteiger partial charge in [-0.1, -0.05) is 17.7 Å². The normalized spacial score (nSPS) is 11.2. The van der Waals surface area contributed by atoms with Crippen LogP contribution >= 0.6 is 0 Å². The van der Waals surface area contributed by atoms with Gasteiger partial charge < -0.3 is 0 Å².